The maximum Gasteiger partial charge on any atom is 0.342 e. The van der Waals surface area contributed by atoms with Crippen molar-refractivity contribution in [3.63, 3.8) is 0 Å². The molecular formula is C18H18BrNO5. The van der Waals surface area contributed by atoms with Crippen molar-refractivity contribution in [2.75, 3.05) is 13.7 Å². The average Bonchev–Trinajstić information content (AvgIpc) is 2.60. The summed E-state index contributed by atoms with van der Waals surface area (Å²) >= 11 is 3.35. The second-order valence-electron chi connectivity index (χ2n) is 5.30. The van der Waals surface area contributed by atoms with Gasteiger partial charge in [-0.25, -0.2) is 4.79 Å². The molecule has 0 spiro atoms. The molecule has 0 saturated heterocycles. The largest absolute Gasteiger partial charge is 0.507 e. The van der Waals surface area contributed by atoms with E-state index in [2.05, 4.69) is 21.2 Å². The second kappa shape index (κ2) is 8.53. The van der Waals surface area contributed by atoms with E-state index in [9.17, 15) is 14.7 Å². The Kier molecular flexibility index (Phi) is 6.41. The molecule has 1 atom stereocenters. The molecule has 0 aliphatic heterocycles. The number of hydrogen-bond donors (Lipinski definition) is 2. The zero-order chi connectivity index (χ0) is 18.4. The number of halogens is 1. The lowest BCUT2D eigenvalue weighted by molar-refractivity contribution is -0.124. The van der Waals surface area contributed by atoms with Crippen LogP contribution in [0, 0.1) is 0 Å². The van der Waals surface area contributed by atoms with Crippen LogP contribution in [-0.2, 0) is 9.53 Å². The molecule has 6 nitrogen and oxygen atoms in total. The van der Waals surface area contributed by atoms with Crippen LogP contribution < -0.4 is 10.1 Å². The Morgan fingerprint density at radius 3 is 2.52 bits per heavy atom. The first-order valence-corrected chi connectivity index (χ1v) is 8.29. The minimum Gasteiger partial charge on any atom is -0.507 e. The lowest BCUT2D eigenvalue weighted by Crippen LogP contribution is -2.31. The minimum atomic E-state index is -0.803. The number of nitrogens with one attached hydrogen (secondary N) is 1. The van der Waals surface area contributed by atoms with Crippen molar-refractivity contribution < 1.29 is 24.2 Å². The fourth-order valence-corrected chi connectivity index (χ4v) is 2.40. The Morgan fingerprint density at radius 1 is 1.20 bits per heavy atom. The molecule has 0 bridgehead atoms. The van der Waals surface area contributed by atoms with Crippen molar-refractivity contribution in [3.05, 3.63) is 58.1 Å². The first-order chi connectivity index (χ1) is 11.9. The molecule has 132 valence electrons. The van der Waals surface area contributed by atoms with Gasteiger partial charge in [0, 0.05) is 4.47 Å². The van der Waals surface area contributed by atoms with Gasteiger partial charge in [0.1, 0.15) is 17.1 Å². The van der Waals surface area contributed by atoms with E-state index in [1.165, 1.54) is 25.3 Å². The second-order valence-corrected chi connectivity index (χ2v) is 6.22. The third-order valence-corrected chi connectivity index (χ3v) is 4.03. The Morgan fingerprint density at radius 2 is 1.88 bits per heavy atom. The number of phenols is 1. The van der Waals surface area contributed by atoms with E-state index in [-0.39, 0.29) is 17.4 Å². The molecular weight excluding hydrogens is 390 g/mol. The molecule has 7 heteroatoms. The predicted molar refractivity (Wildman–Crippen MR) is 95.6 cm³/mol. The van der Waals surface area contributed by atoms with Crippen LogP contribution in [0.2, 0.25) is 0 Å². The van der Waals surface area contributed by atoms with Crippen LogP contribution in [0.25, 0.3) is 0 Å². The molecule has 2 aromatic carbocycles. The maximum atomic E-state index is 12.0. The molecule has 0 heterocycles. The zero-order valence-corrected chi connectivity index (χ0v) is 15.4. The van der Waals surface area contributed by atoms with Gasteiger partial charge in [0.25, 0.3) is 5.91 Å². The van der Waals surface area contributed by atoms with Crippen molar-refractivity contribution in [3.8, 4) is 11.5 Å². The summed E-state index contributed by atoms with van der Waals surface area (Å²) in [6.45, 7) is 1.38. The summed E-state index contributed by atoms with van der Waals surface area (Å²) in [6, 6.07) is 11.5. The van der Waals surface area contributed by atoms with E-state index >= 15 is 0 Å². The van der Waals surface area contributed by atoms with Gasteiger partial charge in [-0.2, -0.15) is 0 Å². The highest BCUT2D eigenvalue weighted by atomic mass is 79.9. The summed E-state index contributed by atoms with van der Waals surface area (Å²) in [5.41, 5.74) is 0.862. The van der Waals surface area contributed by atoms with Gasteiger partial charge in [0.2, 0.25) is 0 Å². The smallest absolute Gasteiger partial charge is 0.342 e. The predicted octanol–water partition coefficient (Wildman–Crippen LogP) is 3.20. The molecule has 0 saturated carbocycles. The molecule has 1 amide bonds. The number of methoxy groups -OCH3 is 1. The first kappa shape index (κ1) is 18.8. The average molecular weight is 408 g/mol. The van der Waals surface area contributed by atoms with Crippen LogP contribution in [-0.4, -0.2) is 30.7 Å². The van der Waals surface area contributed by atoms with Crippen LogP contribution in [0.5, 0.6) is 11.5 Å². The topological polar surface area (TPSA) is 84.9 Å². The Labute approximate surface area is 153 Å². The van der Waals surface area contributed by atoms with E-state index in [0.29, 0.717) is 5.75 Å². The summed E-state index contributed by atoms with van der Waals surface area (Å²) < 4.78 is 10.9. The fourth-order valence-electron chi connectivity index (χ4n) is 2.13. The summed E-state index contributed by atoms with van der Waals surface area (Å²) in [6.07, 6.45) is 0. The Balaban J connectivity index is 1.91. The van der Waals surface area contributed by atoms with Crippen LogP contribution in [0.15, 0.2) is 46.9 Å². The monoisotopic (exact) mass is 407 g/mol. The van der Waals surface area contributed by atoms with Crippen molar-refractivity contribution in [2.24, 2.45) is 0 Å². The number of rotatable bonds is 6. The molecule has 1 unspecified atom stereocenters. The standard InChI is InChI=1S/C18H18BrNO5/c1-11(12-3-5-13(19)6-4-12)20-17(22)10-25-18(23)15-9-14(24-2)7-8-16(15)21/h3-9,11,21H,10H2,1-2H3,(H,20,22). The lowest BCUT2D eigenvalue weighted by Gasteiger charge is -2.14. The third kappa shape index (κ3) is 5.22. The number of phenolic OH excluding ortho intramolecular Hbond substituents is 1. The molecule has 0 aliphatic carbocycles. The van der Waals surface area contributed by atoms with Gasteiger partial charge in [-0.15, -0.1) is 0 Å². The van der Waals surface area contributed by atoms with Gasteiger partial charge >= 0.3 is 5.97 Å². The number of amides is 1. The molecule has 0 aliphatic rings. The number of carbonyl (C=O) groups excluding carboxylic acids is 2. The van der Waals surface area contributed by atoms with Crippen LogP contribution in [0.4, 0.5) is 0 Å². The van der Waals surface area contributed by atoms with Crippen molar-refractivity contribution >= 4 is 27.8 Å². The highest BCUT2D eigenvalue weighted by Crippen LogP contribution is 2.23. The summed E-state index contributed by atoms with van der Waals surface area (Å²) in [7, 11) is 1.44. The van der Waals surface area contributed by atoms with Gasteiger partial charge < -0.3 is 19.9 Å². The van der Waals surface area contributed by atoms with E-state index < -0.39 is 18.5 Å². The van der Waals surface area contributed by atoms with Gasteiger partial charge in [-0.1, -0.05) is 28.1 Å². The highest BCUT2D eigenvalue weighted by molar-refractivity contribution is 9.10. The molecule has 25 heavy (non-hydrogen) atoms. The normalized spacial score (nSPS) is 11.5. The number of aromatic hydroxyl groups is 1. The molecule has 2 N–H and O–H groups in total. The molecule has 0 fully saturated rings. The molecule has 0 radical (unpaired) electrons. The summed E-state index contributed by atoms with van der Waals surface area (Å²) in [5, 5.41) is 12.5. The maximum absolute atomic E-state index is 12.0. The lowest BCUT2D eigenvalue weighted by atomic mass is 10.1. The molecule has 0 aromatic heterocycles. The number of hydrogen-bond acceptors (Lipinski definition) is 5. The van der Waals surface area contributed by atoms with E-state index in [1.54, 1.807) is 0 Å². The van der Waals surface area contributed by atoms with Crippen molar-refractivity contribution in [1.29, 1.82) is 0 Å². The zero-order valence-electron chi connectivity index (χ0n) is 13.8. The van der Waals surface area contributed by atoms with Gasteiger partial charge in [0.15, 0.2) is 6.61 Å². The summed E-state index contributed by atoms with van der Waals surface area (Å²) in [5.74, 6) is -1.08. The number of carbonyl (C=O) groups is 2. The quantitative estimate of drug-likeness (QED) is 0.718. The van der Waals surface area contributed by atoms with Crippen molar-refractivity contribution in [1.82, 2.24) is 5.32 Å². The van der Waals surface area contributed by atoms with Crippen LogP contribution in [0.3, 0.4) is 0 Å². The fraction of sp³-hybridized carbons (Fsp3) is 0.222. The Hall–Kier alpha value is -2.54. The summed E-state index contributed by atoms with van der Waals surface area (Å²) in [4.78, 5) is 24.0. The minimum absolute atomic E-state index is 0.0619. The van der Waals surface area contributed by atoms with Gasteiger partial charge in [0.05, 0.1) is 13.2 Å². The Bertz CT molecular complexity index is 761. The van der Waals surface area contributed by atoms with Crippen LogP contribution in [0.1, 0.15) is 28.9 Å². The SMILES string of the molecule is COc1ccc(O)c(C(=O)OCC(=O)NC(C)c2ccc(Br)cc2)c1. The number of ether oxygens (including phenoxy) is 2. The van der Waals surface area contributed by atoms with E-state index in [1.807, 2.05) is 31.2 Å². The number of esters is 1. The molecule has 2 rings (SSSR count). The van der Waals surface area contributed by atoms with E-state index in [4.69, 9.17) is 9.47 Å². The van der Waals surface area contributed by atoms with Gasteiger partial charge in [-0.3, -0.25) is 4.79 Å². The third-order valence-electron chi connectivity index (χ3n) is 3.51. The highest BCUT2D eigenvalue weighted by Gasteiger charge is 2.16. The first-order valence-electron chi connectivity index (χ1n) is 7.49. The number of benzene rings is 2. The van der Waals surface area contributed by atoms with Gasteiger partial charge in [-0.05, 0) is 42.8 Å². The van der Waals surface area contributed by atoms with Crippen molar-refractivity contribution in [2.45, 2.75) is 13.0 Å². The molecule has 2 aromatic rings. The van der Waals surface area contributed by atoms with E-state index in [0.717, 1.165) is 10.0 Å². The van der Waals surface area contributed by atoms with Crippen LogP contribution >= 0.6 is 15.9 Å².